The normalized spacial score (nSPS) is 12.9. The Labute approximate surface area is 171 Å². The largest absolute Gasteiger partial charge is 0.456 e. The van der Waals surface area contributed by atoms with Crippen molar-refractivity contribution in [2.24, 2.45) is 0 Å². The number of anilines is 3. The van der Waals surface area contributed by atoms with E-state index in [1.54, 1.807) is 28.6 Å². The van der Waals surface area contributed by atoms with Gasteiger partial charge in [0, 0.05) is 16.8 Å². The molecular formula is C22H18N4O2S. The molecule has 6 nitrogen and oxygen atoms in total. The minimum absolute atomic E-state index is 0.175. The van der Waals surface area contributed by atoms with Crippen molar-refractivity contribution < 1.29 is 9.53 Å². The molecule has 4 heterocycles. The fourth-order valence-electron chi connectivity index (χ4n) is 3.56. The highest BCUT2D eigenvalue weighted by atomic mass is 32.1. The van der Waals surface area contributed by atoms with Gasteiger partial charge in [0.1, 0.15) is 16.3 Å². The van der Waals surface area contributed by atoms with Gasteiger partial charge in [0.2, 0.25) is 0 Å². The second-order valence-corrected chi connectivity index (χ2v) is 8.20. The van der Waals surface area contributed by atoms with Crippen LogP contribution < -0.4 is 15.0 Å². The zero-order valence-electron chi connectivity index (χ0n) is 16.2. The summed E-state index contributed by atoms with van der Waals surface area (Å²) in [6.07, 6.45) is 3.45. The van der Waals surface area contributed by atoms with E-state index in [2.05, 4.69) is 15.3 Å². The molecule has 144 valence electrons. The van der Waals surface area contributed by atoms with E-state index in [1.165, 1.54) is 0 Å². The third-order valence-electron chi connectivity index (χ3n) is 4.95. The summed E-state index contributed by atoms with van der Waals surface area (Å²) in [5.74, 6) is 1.37. The van der Waals surface area contributed by atoms with Crippen molar-refractivity contribution in [1.29, 1.82) is 0 Å². The number of nitrogens with zero attached hydrogens (tertiary/aromatic N) is 3. The molecule has 2 amide bonds. The van der Waals surface area contributed by atoms with Crippen LogP contribution in [0.15, 0.2) is 48.8 Å². The summed E-state index contributed by atoms with van der Waals surface area (Å²) in [7, 11) is 0. The van der Waals surface area contributed by atoms with Gasteiger partial charge in [-0.05, 0) is 62.7 Å². The number of thiophene rings is 1. The number of ether oxygens (including phenoxy) is 1. The summed E-state index contributed by atoms with van der Waals surface area (Å²) in [5, 5.41) is 4.01. The molecule has 7 heteroatoms. The Hall–Kier alpha value is -3.45. The Morgan fingerprint density at radius 1 is 1.00 bits per heavy atom. The lowest BCUT2D eigenvalue weighted by Gasteiger charge is -2.29. The predicted octanol–water partition coefficient (Wildman–Crippen LogP) is 6.09. The number of aromatic nitrogens is 2. The Balaban J connectivity index is 1.55. The first-order valence-electron chi connectivity index (χ1n) is 9.21. The second kappa shape index (κ2) is 6.56. The molecular weight excluding hydrogens is 384 g/mol. The highest BCUT2D eigenvalue weighted by Gasteiger charge is 2.30. The monoisotopic (exact) mass is 402 g/mol. The Morgan fingerprint density at radius 3 is 2.59 bits per heavy atom. The van der Waals surface area contributed by atoms with Crippen molar-refractivity contribution >= 4 is 44.6 Å². The Bertz CT molecular complexity index is 1260. The van der Waals surface area contributed by atoms with Gasteiger partial charge >= 0.3 is 6.03 Å². The van der Waals surface area contributed by atoms with Gasteiger partial charge in [-0.1, -0.05) is 0 Å². The van der Waals surface area contributed by atoms with E-state index < -0.39 is 0 Å². The second-order valence-electron chi connectivity index (χ2n) is 6.99. The van der Waals surface area contributed by atoms with Crippen molar-refractivity contribution in [3.63, 3.8) is 0 Å². The molecule has 0 atom stereocenters. The molecule has 0 spiro atoms. The van der Waals surface area contributed by atoms with E-state index in [1.807, 2.05) is 57.2 Å². The number of rotatable bonds is 3. The Kier molecular flexibility index (Phi) is 3.99. The molecule has 5 rings (SSSR count). The average Bonchev–Trinajstić information content (AvgIpc) is 3.01. The lowest BCUT2D eigenvalue weighted by atomic mass is 10.1. The van der Waals surface area contributed by atoms with Crippen LogP contribution in [0.4, 0.5) is 21.9 Å². The molecule has 0 saturated heterocycles. The molecule has 1 N–H and O–H groups in total. The number of urea groups is 1. The first kappa shape index (κ1) is 17.6. The maximum Gasteiger partial charge on any atom is 0.331 e. The highest BCUT2D eigenvalue weighted by Crippen LogP contribution is 2.46. The summed E-state index contributed by atoms with van der Waals surface area (Å²) in [6, 6.07) is 11.2. The van der Waals surface area contributed by atoms with Crippen LogP contribution in [0.1, 0.15) is 16.1 Å². The molecule has 0 fully saturated rings. The Morgan fingerprint density at radius 2 is 1.83 bits per heavy atom. The van der Waals surface area contributed by atoms with Gasteiger partial charge in [-0.15, -0.1) is 11.3 Å². The standard InChI is InChI=1S/C22H18N4O2S/c1-12-10-15(28-16-5-4-13(2)24-11-16)6-7-17(12)26-18-8-9-23-21-19(18)20(14(3)29-21)25-22(26)27/h4-11H,1-3H3,(H,25,27). The summed E-state index contributed by atoms with van der Waals surface area (Å²) in [4.78, 5) is 25.4. The van der Waals surface area contributed by atoms with Crippen LogP contribution >= 0.6 is 11.3 Å². The number of pyridine rings is 2. The minimum atomic E-state index is -0.175. The fraction of sp³-hybridized carbons (Fsp3) is 0.136. The summed E-state index contributed by atoms with van der Waals surface area (Å²) in [5.41, 5.74) is 4.38. The van der Waals surface area contributed by atoms with Crippen LogP contribution in [0.5, 0.6) is 11.5 Å². The number of amides is 2. The molecule has 0 bridgehead atoms. The number of aryl methyl sites for hydroxylation is 3. The molecule has 1 aromatic carbocycles. The van der Waals surface area contributed by atoms with Crippen molar-refractivity contribution in [2.75, 3.05) is 10.2 Å². The molecule has 0 unspecified atom stereocenters. The van der Waals surface area contributed by atoms with E-state index >= 15 is 0 Å². The third-order valence-corrected chi connectivity index (χ3v) is 5.96. The number of carbonyl (C=O) groups excluding carboxylic acids is 1. The third kappa shape index (κ3) is 2.91. The SMILES string of the molecule is Cc1ccc(Oc2ccc(N3C(=O)Nc4c(C)sc5nccc3c45)c(C)c2)cn1. The van der Waals surface area contributed by atoms with Gasteiger partial charge < -0.3 is 10.1 Å². The van der Waals surface area contributed by atoms with Gasteiger partial charge in [-0.3, -0.25) is 9.88 Å². The van der Waals surface area contributed by atoms with Crippen LogP contribution in [0.2, 0.25) is 0 Å². The van der Waals surface area contributed by atoms with Crippen molar-refractivity contribution in [3.8, 4) is 11.5 Å². The smallest absolute Gasteiger partial charge is 0.331 e. The predicted molar refractivity (Wildman–Crippen MR) is 116 cm³/mol. The van der Waals surface area contributed by atoms with Crippen LogP contribution in [0.3, 0.4) is 0 Å². The van der Waals surface area contributed by atoms with Crippen LogP contribution in [-0.4, -0.2) is 16.0 Å². The van der Waals surface area contributed by atoms with Gasteiger partial charge in [0.05, 0.1) is 28.6 Å². The highest BCUT2D eigenvalue weighted by molar-refractivity contribution is 7.19. The first-order chi connectivity index (χ1) is 14.0. The molecule has 0 aliphatic carbocycles. The van der Waals surface area contributed by atoms with Crippen LogP contribution in [0.25, 0.3) is 10.2 Å². The molecule has 1 aliphatic rings. The van der Waals surface area contributed by atoms with E-state index in [0.717, 1.165) is 43.4 Å². The fourth-order valence-corrected chi connectivity index (χ4v) is 4.53. The van der Waals surface area contributed by atoms with Gasteiger partial charge in [0.15, 0.2) is 0 Å². The van der Waals surface area contributed by atoms with Gasteiger partial charge in [-0.25, -0.2) is 9.78 Å². The van der Waals surface area contributed by atoms with Crippen LogP contribution in [0, 0.1) is 20.8 Å². The zero-order valence-corrected chi connectivity index (χ0v) is 17.0. The van der Waals surface area contributed by atoms with Gasteiger partial charge in [-0.2, -0.15) is 0 Å². The quantitative estimate of drug-likeness (QED) is 0.450. The molecule has 1 aliphatic heterocycles. The molecule has 4 aromatic rings. The van der Waals surface area contributed by atoms with E-state index in [-0.39, 0.29) is 6.03 Å². The molecule has 3 aromatic heterocycles. The molecule has 0 saturated carbocycles. The van der Waals surface area contributed by atoms with Gasteiger partial charge in [0.25, 0.3) is 0 Å². The summed E-state index contributed by atoms with van der Waals surface area (Å²) in [6.45, 7) is 5.90. The minimum Gasteiger partial charge on any atom is -0.456 e. The maximum absolute atomic E-state index is 13.0. The van der Waals surface area contributed by atoms with E-state index in [4.69, 9.17) is 4.74 Å². The van der Waals surface area contributed by atoms with E-state index in [9.17, 15) is 4.79 Å². The number of carbonyl (C=O) groups is 1. The lowest BCUT2D eigenvalue weighted by Crippen LogP contribution is -2.34. The average molecular weight is 402 g/mol. The number of hydrogen-bond acceptors (Lipinski definition) is 5. The van der Waals surface area contributed by atoms with Crippen molar-refractivity contribution in [1.82, 2.24) is 9.97 Å². The number of hydrogen-bond donors (Lipinski definition) is 1. The number of nitrogens with one attached hydrogen (secondary N) is 1. The summed E-state index contributed by atoms with van der Waals surface area (Å²) < 4.78 is 5.91. The molecule has 0 radical (unpaired) electrons. The van der Waals surface area contributed by atoms with Crippen molar-refractivity contribution in [3.05, 3.63) is 64.9 Å². The topological polar surface area (TPSA) is 67.3 Å². The van der Waals surface area contributed by atoms with Crippen molar-refractivity contribution in [2.45, 2.75) is 20.8 Å². The maximum atomic E-state index is 13.0. The van der Waals surface area contributed by atoms with E-state index in [0.29, 0.717) is 11.5 Å². The molecule has 29 heavy (non-hydrogen) atoms. The first-order valence-corrected chi connectivity index (χ1v) is 10.0. The number of benzene rings is 1. The lowest BCUT2D eigenvalue weighted by molar-refractivity contribution is 0.259. The summed E-state index contributed by atoms with van der Waals surface area (Å²) >= 11 is 1.59. The van der Waals surface area contributed by atoms with Crippen LogP contribution in [-0.2, 0) is 0 Å². The zero-order chi connectivity index (χ0) is 20.1.